The van der Waals surface area contributed by atoms with Crippen LogP contribution in [0.15, 0.2) is 0 Å². The van der Waals surface area contributed by atoms with Crippen LogP contribution < -0.4 is 5.32 Å². The number of piperidine rings is 1. The van der Waals surface area contributed by atoms with Crippen LogP contribution >= 0.6 is 0 Å². The normalized spacial score (nSPS) is 52.2. The first-order chi connectivity index (χ1) is 4.92. The van der Waals surface area contributed by atoms with E-state index in [9.17, 15) is 0 Å². The number of nitrogens with one attached hydrogen (secondary N) is 1. The van der Waals surface area contributed by atoms with E-state index in [2.05, 4.69) is 5.32 Å². The second-order valence-electron chi connectivity index (χ2n) is 4.39. The van der Waals surface area contributed by atoms with Crippen molar-refractivity contribution in [1.82, 2.24) is 5.32 Å². The summed E-state index contributed by atoms with van der Waals surface area (Å²) in [6, 6.07) is 0. The van der Waals surface area contributed by atoms with Crippen LogP contribution in [0.5, 0.6) is 0 Å². The van der Waals surface area contributed by atoms with Crippen molar-refractivity contribution in [2.24, 2.45) is 17.3 Å². The smallest absolute Gasteiger partial charge is 0.00138 e. The zero-order valence-corrected chi connectivity index (χ0v) is 6.40. The maximum absolute atomic E-state index is 3.51. The highest BCUT2D eigenvalue weighted by atomic mass is 15.0. The molecular weight excluding hydrogens is 122 g/mol. The molecule has 2 aliphatic carbocycles. The van der Waals surface area contributed by atoms with Crippen molar-refractivity contribution in [3.63, 3.8) is 0 Å². The first kappa shape index (κ1) is 5.59. The quantitative estimate of drug-likeness (QED) is 0.576. The summed E-state index contributed by atoms with van der Waals surface area (Å²) in [4.78, 5) is 0. The van der Waals surface area contributed by atoms with Crippen molar-refractivity contribution in [3.05, 3.63) is 0 Å². The number of hydrogen-bond acceptors (Lipinski definition) is 1. The minimum atomic E-state index is 0.845. The van der Waals surface area contributed by atoms with Crippen LogP contribution in [-0.2, 0) is 0 Å². The molecular formula is C9H15N. The zero-order valence-electron chi connectivity index (χ0n) is 6.40. The van der Waals surface area contributed by atoms with Gasteiger partial charge in [0.2, 0.25) is 0 Å². The summed E-state index contributed by atoms with van der Waals surface area (Å²) < 4.78 is 0. The van der Waals surface area contributed by atoms with Crippen molar-refractivity contribution in [2.45, 2.75) is 25.7 Å². The molecule has 0 aromatic rings. The van der Waals surface area contributed by atoms with Crippen LogP contribution in [0.1, 0.15) is 25.7 Å². The van der Waals surface area contributed by atoms with E-state index in [4.69, 9.17) is 0 Å². The minimum Gasteiger partial charge on any atom is -0.316 e. The fraction of sp³-hybridized carbons (Fsp3) is 1.00. The number of fused-ring (bicyclic) bond motifs is 1. The molecule has 2 saturated carbocycles. The van der Waals surface area contributed by atoms with Crippen molar-refractivity contribution >= 4 is 0 Å². The summed E-state index contributed by atoms with van der Waals surface area (Å²) >= 11 is 0. The van der Waals surface area contributed by atoms with Crippen molar-refractivity contribution in [2.75, 3.05) is 13.1 Å². The minimum absolute atomic E-state index is 0.845. The Labute approximate surface area is 62.2 Å². The van der Waals surface area contributed by atoms with Gasteiger partial charge >= 0.3 is 0 Å². The molecule has 3 aliphatic rings. The molecule has 1 saturated heterocycles. The lowest BCUT2D eigenvalue weighted by Gasteiger charge is -2.33. The molecule has 3 rings (SSSR count). The average Bonchev–Trinajstić information content (AvgIpc) is 2.32. The van der Waals surface area contributed by atoms with Gasteiger partial charge in [0.25, 0.3) is 0 Å². The molecule has 0 aromatic carbocycles. The fourth-order valence-electron chi connectivity index (χ4n) is 3.00. The van der Waals surface area contributed by atoms with Gasteiger partial charge in [0.15, 0.2) is 0 Å². The van der Waals surface area contributed by atoms with Crippen LogP contribution in [-0.4, -0.2) is 13.1 Å². The lowest BCUT2D eigenvalue weighted by atomic mass is 9.73. The first-order valence-corrected chi connectivity index (χ1v) is 4.62. The second kappa shape index (κ2) is 1.58. The van der Waals surface area contributed by atoms with Crippen molar-refractivity contribution < 1.29 is 0 Å². The third-order valence-electron chi connectivity index (χ3n) is 4.04. The zero-order chi connectivity index (χ0) is 6.60. The highest BCUT2D eigenvalue weighted by molar-refractivity contribution is 5.13. The van der Waals surface area contributed by atoms with E-state index >= 15 is 0 Å². The molecule has 0 radical (unpaired) electrons. The molecule has 2 atom stereocenters. The molecule has 1 heterocycles. The Bertz CT molecular complexity index is 162. The summed E-state index contributed by atoms with van der Waals surface area (Å²) in [6.07, 6.45) is 6.15. The molecule has 1 aliphatic heterocycles. The van der Waals surface area contributed by atoms with Gasteiger partial charge in [-0.3, -0.25) is 0 Å². The van der Waals surface area contributed by atoms with E-state index in [0.717, 1.165) is 17.3 Å². The van der Waals surface area contributed by atoms with E-state index in [1.165, 1.54) is 32.4 Å². The lowest BCUT2D eigenvalue weighted by Crippen LogP contribution is -2.28. The summed E-state index contributed by atoms with van der Waals surface area (Å²) in [6.45, 7) is 2.68. The Kier molecular flexibility index (Phi) is 0.883. The van der Waals surface area contributed by atoms with Gasteiger partial charge in [0.05, 0.1) is 0 Å². The van der Waals surface area contributed by atoms with Gasteiger partial charge in [0.1, 0.15) is 0 Å². The molecule has 1 N–H and O–H groups in total. The van der Waals surface area contributed by atoms with Gasteiger partial charge in [-0.25, -0.2) is 0 Å². The highest BCUT2D eigenvalue weighted by Gasteiger charge is 2.61. The van der Waals surface area contributed by atoms with E-state index in [1.807, 2.05) is 0 Å². The summed E-state index contributed by atoms with van der Waals surface area (Å²) in [5.41, 5.74) is 0.845. The Balaban J connectivity index is 1.79. The molecule has 2 unspecified atom stereocenters. The molecule has 0 spiro atoms. The second-order valence-corrected chi connectivity index (χ2v) is 4.39. The molecule has 1 nitrogen and oxygen atoms in total. The molecule has 0 bridgehead atoms. The van der Waals surface area contributed by atoms with Gasteiger partial charge in [-0.15, -0.1) is 0 Å². The molecule has 3 fully saturated rings. The van der Waals surface area contributed by atoms with Gasteiger partial charge in [-0.1, -0.05) is 6.42 Å². The lowest BCUT2D eigenvalue weighted by molar-refractivity contribution is 0.188. The van der Waals surface area contributed by atoms with Gasteiger partial charge < -0.3 is 5.32 Å². The standard InChI is InChI=1S/C9H15N/c1-2-7(3-1)9-4-8(9)5-10-6-9/h7-8,10H,1-6H2. The molecule has 1 heteroatoms. The van der Waals surface area contributed by atoms with Gasteiger partial charge in [-0.2, -0.15) is 0 Å². The fourth-order valence-corrected chi connectivity index (χ4v) is 3.00. The van der Waals surface area contributed by atoms with E-state index in [-0.39, 0.29) is 0 Å². The molecule has 10 heavy (non-hydrogen) atoms. The van der Waals surface area contributed by atoms with Crippen LogP contribution in [0.25, 0.3) is 0 Å². The van der Waals surface area contributed by atoms with Gasteiger partial charge in [0, 0.05) is 6.54 Å². The van der Waals surface area contributed by atoms with E-state index in [0.29, 0.717) is 0 Å². The molecule has 0 amide bonds. The predicted octanol–water partition coefficient (Wildman–Crippen LogP) is 1.40. The van der Waals surface area contributed by atoms with E-state index in [1.54, 1.807) is 6.42 Å². The topological polar surface area (TPSA) is 12.0 Å². The highest BCUT2D eigenvalue weighted by Crippen LogP contribution is 2.64. The van der Waals surface area contributed by atoms with Crippen molar-refractivity contribution in [1.29, 1.82) is 0 Å². The van der Waals surface area contributed by atoms with Crippen molar-refractivity contribution in [3.8, 4) is 0 Å². The molecule has 56 valence electrons. The SMILES string of the molecule is C1CC(C23CNCC2C3)C1. The van der Waals surface area contributed by atoms with Gasteiger partial charge in [-0.05, 0) is 43.1 Å². The third kappa shape index (κ3) is 0.493. The first-order valence-electron chi connectivity index (χ1n) is 4.62. The number of rotatable bonds is 1. The third-order valence-corrected chi connectivity index (χ3v) is 4.04. The maximum Gasteiger partial charge on any atom is 0.00138 e. The Morgan fingerprint density at radius 3 is 2.50 bits per heavy atom. The van der Waals surface area contributed by atoms with Crippen LogP contribution in [0.2, 0.25) is 0 Å². The Morgan fingerprint density at radius 1 is 1.20 bits per heavy atom. The summed E-state index contributed by atoms with van der Waals surface area (Å²) in [7, 11) is 0. The van der Waals surface area contributed by atoms with Crippen LogP contribution in [0.4, 0.5) is 0 Å². The van der Waals surface area contributed by atoms with Crippen LogP contribution in [0, 0.1) is 17.3 Å². The van der Waals surface area contributed by atoms with E-state index < -0.39 is 0 Å². The summed E-state index contributed by atoms with van der Waals surface area (Å²) in [5.74, 6) is 2.23. The largest absolute Gasteiger partial charge is 0.316 e. The maximum atomic E-state index is 3.51. The van der Waals surface area contributed by atoms with Crippen LogP contribution in [0.3, 0.4) is 0 Å². The number of hydrogen-bond donors (Lipinski definition) is 1. The Hall–Kier alpha value is -0.0400. The Morgan fingerprint density at radius 2 is 2.10 bits per heavy atom. The summed E-state index contributed by atoms with van der Waals surface area (Å²) in [5, 5.41) is 3.51. The molecule has 0 aromatic heterocycles. The monoisotopic (exact) mass is 137 g/mol. The predicted molar refractivity (Wildman–Crippen MR) is 40.8 cm³/mol. The average molecular weight is 137 g/mol.